The molecule has 0 aliphatic heterocycles. The minimum absolute atomic E-state index is 0.285. The largest absolute Gasteiger partial charge is 0.282 e. The zero-order valence-electron chi connectivity index (χ0n) is 11.5. The standard InChI is InChI=1S/C16H26OS/c1-13(12-14-8-4-2-5-9-14)16(17)18-15-10-6-3-7-11-15/h14-15H,1-12H2. The van der Waals surface area contributed by atoms with Gasteiger partial charge in [0.1, 0.15) is 0 Å². The van der Waals surface area contributed by atoms with Crippen LogP contribution in [0.1, 0.15) is 70.6 Å². The van der Waals surface area contributed by atoms with Crippen molar-refractivity contribution in [3.05, 3.63) is 12.2 Å². The smallest absolute Gasteiger partial charge is 0.215 e. The predicted octanol–water partition coefficient (Wildman–Crippen LogP) is 5.11. The third-order valence-corrected chi connectivity index (χ3v) is 5.68. The first-order valence-electron chi connectivity index (χ1n) is 7.64. The minimum Gasteiger partial charge on any atom is -0.282 e. The van der Waals surface area contributed by atoms with E-state index in [1.54, 1.807) is 11.8 Å². The van der Waals surface area contributed by atoms with E-state index in [1.165, 1.54) is 64.2 Å². The Morgan fingerprint density at radius 1 is 0.944 bits per heavy atom. The van der Waals surface area contributed by atoms with Gasteiger partial charge in [0.15, 0.2) is 0 Å². The Labute approximate surface area is 116 Å². The third kappa shape index (κ3) is 4.46. The normalized spacial score (nSPS) is 22.9. The van der Waals surface area contributed by atoms with Gasteiger partial charge in [-0.15, -0.1) is 0 Å². The Morgan fingerprint density at radius 3 is 2.11 bits per heavy atom. The van der Waals surface area contributed by atoms with Crippen molar-refractivity contribution in [2.45, 2.75) is 75.9 Å². The van der Waals surface area contributed by atoms with Crippen LogP contribution in [-0.2, 0) is 4.79 Å². The van der Waals surface area contributed by atoms with Crippen molar-refractivity contribution in [2.75, 3.05) is 0 Å². The van der Waals surface area contributed by atoms with Crippen LogP contribution in [0.4, 0.5) is 0 Å². The number of carbonyl (C=O) groups excluding carboxylic acids is 1. The average Bonchev–Trinajstić information content (AvgIpc) is 2.41. The Bertz CT molecular complexity index is 255. The van der Waals surface area contributed by atoms with Crippen LogP contribution in [0.25, 0.3) is 0 Å². The number of thioether (sulfide) groups is 1. The van der Waals surface area contributed by atoms with Crippen molar-refractivity contribution in [2.24, 2.45) is 5.92 Å². The van der Waals surface area contributed by atoms with E-state index in [4.69, 9.17) is 0 Å². The lowest BCUT2D eigenvalue weighted by atomic mass is 9.85. The molecule has 0 saturated heterocycles. The molecule has 2 aliphatic rings. The van der Waals surface area contributed by atoms with Gasteiger partial charge in [0.2, 0.25) is 5.12 Å². The second kappa shape index (κ2) is 7.37. The van der Waals surface area contributed by atoms with Crippen molar-refractivity contribution in [3.63, 3.8) is 0 Å². The van der Waals surface area contributed by atoms with Crippen LogP contribution in [-0.4, -0.2) is 10.4 Å². The first kappa shape index (κ1) is 14.2. The van der Waals surface area contributed by atoms with E-state index >= 15 is 0 Å². The summed E-state index contributed by atoms with van der Waals surface area (Å²) in [4.78, 5) is 12.1. The molecule has 0 spiro atoms. The first-order valence-corrected chi connectivity index (χ1v) is 8.52. The zero-order chi connectivity index (χ0) is 12.8. The van der Waals surface area contributed by atoms with Crippen molar-refractivity contribution in [1.82, 2.24) is 0 Å². The zero-order valence-corrected chi connectivity index (χ0v) is 12.3. The average molecular weight is 266 g/mol. The molecule has 0 amide bonds. The van der Waals surface area contributed by atoms with Gasteiger partial charge >= 0.3 is 0 Å². The molecule has 1 nitrogen and oxygen atoms in total. The maximum Gasteiger partial charge on any atom is 0.215 e. The Kier molecular flexibility index (Phi) is 5.81. The lowest BCUT2D eigenvalue weighted by molar-refractivity contribution is -0.108. The second-order valence-electron chi connectivity index (χ2n) is 5.98. The quantitative estimate of drug-likeness (QED) is 0.658. The topological polar surface area (TPSA) is 17.1 Å². The monoisotopic (exact) mass is 266 g/mol. The van der Waals surface area contributed by atoms with Crippen molar-refractivity contribution in [1.29, 1.82) is 0 Å². The van der Waals surface area contributed by atoms with E-state index in [9.17, 15) is 4.79 Å². The summed E-state index contributed by atoms with van der Waals surface area (Å²) in [6.45, 7) is 4.04. The molecule has 0 atom stereocenters. The third-order valence-electron chi connectivity index (χ3n) is 4.37. The maximum absolute atomic E-state index is 12.1. The predicted molar refractivity (Wildman–Crippen MR) is 79.8 cm³/mol. The van der Waals surface area contributed by atoms with Gasteiger partial charge in [-0.05, 0) is 30.8 Å². The van der Waals surface area contributed by atoms with E-state index < -0.39 is 0 Å². The summed E-state index contributed by atoms with van der Waals surface area (Å²) in [5, 5.41) is 0.863. The van der Waals surface area contributed by atoms with Crippen molar-refractivity contribution < 1.29 is 4.79 Å². The molecule has 102 valence electrons. The highest BCUT2D eigenvalue weighted by Gasteiger charge is 2.21. The summed E-state index contributed by atoms with van der Waals surface area (Å²) in [6, 6.07) is 0. The molecule has 0 unspecified atom stereocenters. The van der Waals surface area contributed by atoms with E-state index in [-0.39, 0.29) is 5.12 Å². The van der Waals surface area contributed by atoms with Gasteiger partial charge in [0.05, 0.1) is 0 Å². The summed E-state index contributed by atoms with van der Waals surface area (Å²) in [5.41, 5.74) is 0.887. The van der Waals surface area contributed by atoms with Crippen molar-refractivity contribution in [3.8, 4) is 0 Å². The summed E-state index contributed by atoms with van der Waals surface area (Å²) >= 11 is 1.58. The summed E-state index contributed by atoms with van der Waals surface area (Å²) in [5.74, 6) is 0.738. The molecule has 0 aromatic carbocycles. The molecule has 2 fully saturated rings. The van der Waals surface area contributed by atoms with Gasteiger partial charge in [-0.25, -0.2) is 0 Å². The highest BCUT2D eigenvalue weighted by Crippen LogP contribution is 2.33. The summed E-state index contributed by atoms with van der Waals surface area (Å²) < 4.78 is 0. The molecule has 0 heterocycles. The number of hydrogen-bond acceptors (Lipinski definition) is 2. The van der Waals surface area contributed by atoms with Gasteiger partial charge in [-0.1, -0.05) is 69.7 Å². The first-order chi connectivity index (χ1) is 8.75. The summed E-state index contributed by atoms with van der Waals surface area (Å²) in [7, 11) is 0. The van der Waals surface area contributed by atoms with E-state index in [0.29, 0.717) is 5.25 Å². The Morgan fingerprint density at radius 2 is 1.50 bits per heavy atom. The molecule has 0 radical (unpaired) electrons. The molecule has 0 N–H and O–H groups in total. The Balaban J connectivity index is 1.71. The second-order valence-corrected chi connectivity index (χ2v) is 7.25. The molecule has 2 heteroatoms. The van der Waals surface area contributed by atoms with Crippen LogP contribution >= 0.6 is 11.8 Å². The van der Waals surface area contributed by atoms with Gasteiger partial charge in [0.25, 0.3) is 0 Å². The number of carbonyl (C=O) groups is 1. The fourth-order valence-corrected chi connectivity index (χ4v) is 4.36. The van der Waals surface area contributed by atoms with Gasteiger partial charge in [-0.2, -0.15) is 0 Å². The molecular formula is C16H26OS. The SMILES string of the molecule is C=C(CC1CCCCC1)C(=O)SC1CCCCC1. The van der Waals surface area contributed by atoms with Crippen molar-refractivity contribution >= 4 is 16.9 Å². The molecule has 0 bridgehead atoms. The molecule has 0 aromatic heterocycles. The number of rotatable bonds is 4. The van der Waals surface area contributed by atoms with Gasteiger partial charge < -0.3 is 0 Å². The highest BCUT2D eigenvalue weighted by molar-refractivity contribution is 8.14. The van der Waals surface area contributed by atoms with E-state index in [1.807, 2.05) is 0 Å². The van der Waals surface area contributed by atoms with E-state index in [0.717, 1.165) is 17.9 Å². The molecule has 2 rings (SSSR count). The lowest BCUT2D eigenvalue weighted by Gasteiger charge is -2.23. The molecule has 2 aliphatic carbocycles. The van der Waals surface area contributed by atoms with Gasteiger partial charge in [-0.3, -0.25) is 4.79 Å². The van der Waals surface area contributed by atoms with Crippen LogP contribution in [0.15, 0.2) is 12.2 Å². The maximum atomic E-state index is 12.1. The number of hydrogen-bond donors (Lipinski definition) is 0. The van der Waals surface area contributed by atoms with Crippen LogP contribution in [0.5, 0.6) is 0 Å². The fraction of sp³-hybridized carbons (Fsp3) is 0.812. The molecule has 2 saturated carbocycles. The van der Waals surface area contributed by atoms with Crippen LogP contribution in [0, 0.1) is 5.92 Å². The van der Waals surface area contributed by atoms with E-state index in [2.05, 4.69) is 6.58 Å². The molecule has 0 aromatic rings. The molecular weight excluding hydrogens is 240 g/mol. The fourth-order valence-electron chi connectivity index (χ4n) is 3.24. The molecule has 18 heavy (non-hydrogen) atoms. The Hall–Kier alpha value is -0.240. The van der Waals surface area contributed by atoms with Gasteiger partial charge in [0, 0.05) is 5.25 Å². The lowest BCUT2D eigenvalue weighted by Crippen LogP contribution is -2.14. The minimum atomic E-state index is 0.285. The van der Waals surface area contributed by atoms with Crippen LogP contribution in [0.3, 0.4) is 0 Å². The van der Waals surface area contributed by atoms with Crippen LogP contribution in [0.2, 0.25) is 0 Å². The van der Waals surface area contributed by atoms with Crippen LogP contribution < -0.4 is 0 Å². The highest BCUT2D eigenvalue weighted by atomic mass is 32.2. The summed E-state index contributed by atoms with van der Waals surface area (Å²) in [6.07, 6.45) is 14.1.